The second-order valence-corrected chi connectivity index (χ2v) is 3.25. The van der Waals surface area contributed by atoms with Crippen LogP contribution in [-0.2, 0) is 0 Å². The van der Waals surface area contributed by atoms with Crippen LogP contribution in [0.4, 0.5) is 4.39 Å². The number of nitrogens with zero attached hydrogens (tertiary/aromatic N) is 1. The third kappa shape index (κ3) is 1.88. The van der Waals surface area contributed by atoms with E-state index in [2.05, 4.69) is 0 Å². The summed E-state index contributed by atoms with van der Waals surface area (Å²) < 4.78 is 13.0. The number of rotatable bonds is 1. The first-order valence-electron chi connectivity index (χ1n) is 3.13. The van der Waals surface area contributed by atoms with E-state index in [1.807, 2.05) is 6.07 Å². The van der Waals surface area contributed by atoms with Gasteiger partial charge in [0.05, 0.1) is 11.6 Å². The van der Waals surface area contributed by atoms with Gasteiger partial charge < -0.3 is 0 Å². The molecule has 0 bridgehead atoms. The maximum Gasteiger partial charge on any atom is 0.135 e. The Hall–Kier alpha value is -0.780. The van der Waals surface area contributed by atoms with Crippen LogP contribution in [0.3, 0.4) is 0 Å². The normalized spacial score (nSPS) is 9.92. The van der Waals surface area contributed by atoms with Gasteiger partial charge in [-0.25, -0.2) is 4.39 Å². The lowest BCUT2D eigenvalue weighted by Crippen LogP contribution is -1.89. The zero-order valence-corrected chi connectivity index (χ0v) is 7.40. The fourth-order valence-electron chi connectivity index (χ4n) is 0.774. The highest BCUT2D eigenvalue weighted by Gasteiger charge is 2.09. The molecule has 12 heavy (non-hydrogen) atoms. The highest BCUT2D eigenvalue weighted by molar-refractivity contribution is 6.44. The van der Waals surface area contributed by atoms with Crippen molar-refractivity contribution in [3.63, 3.8) is 0 Å². The number of nitriles is 1. The number of hydrogen-bond acceptors (Lipinski definition) is 1. The Morgan fingerprint density at radius 2 is 2.08 bits per heavy atom. The summed E-state index contributed by atoms with van der Waals surface area (Å²) in [6.07, 6.45) is 0. The summed E-state index contributed by atoms with van der Waals surface area (Å²) in [6, 6.07) is 5.78. The lowest BCUT2D eigenvalue weighted by molar-refractivity contribution is 0.615. The van der Waals surface area contributed by atoms with Crippen molar-refractivity contribution >= 4 is 23.2 Å². The van der Waals surface area contributed by atoms with Crippen LogP contribution in [-0.4, -0.2) is 0 Å². The zero-order chi connectivity index (χ0) is 9.14. The molecule has 0 saturated heterocycles. The molecule has 62 valence electrons. The molecule has 0 amide bonds. The van der Waals surface area contributed by atoms with E-state index in [1.165, 1.54) is 12.1 Å². The minimum atomic E-state index is -0.891. The summed E-state index contributed by atoms with van der Waals surface area (Å²) in [5.74, 6) is -0.552. The largest absolute Gasteiger partial charge is 0.207 e. The van der Waals surface area contributed by atoms with Gasteiger partial charge in [0.1, 0.15) is 10.7 Å². The molecule has 0 aliphatic rings. The first-order chi connectivity index (χ1) is 5.65. The molecule has 0 radical (unpaired) electrons. The van der Waals surface area contributed by atoms with Gasteiger partial charge in [0.25, 0.3) is 0 Å². The second-order valence-electron chi connectivity index (χ2n) is 2.15. The molecule has 0 unspecified atom stereocenters. The summed E-state index contributed by atoms with van der Waals surface area (Å²) in [6.45, 7) is 0. The summed E-state index contributed by atoms with van der Waals surface area (Å²) in [4.78, 5) is -0.891. The Kier molecular flexibility index (Phi) is 2.91. The Labute approximate surface area is 79.3 Å². The van der Waals surface area contributed by atoms with Crippen molar-refractivity contribution in [2.24, 2.45) is 0 Å². The highest BCUT2D eigenvalue weighted by Crippen LogP contribution is 2.27. The maximum absolute atomic E-state index is 13.0. The van der Waals surface area contributed by atoms with E-state index in [0.29, 0.717) is 0 Å². The average Bonchev–Trinajstić information content (AvgIpc) is 2.03. The summed E-state index contributed by atoms with van der Waals surface area (Å²) >= 11 is 10.9. The molecule has 0 aliphatic heterocycles. The van der Waals surface area contributed by atoms with Gasteiger partial charge >= 0.3 is 0 Å². The molecular weight excluding hydrogens is 200 g/mol. The predicted molar refractivity (Wildman–Crippen MR) is 45.6 cm³/mol. The lowest BCUT2D eigenvalue weighted by Gasteiger charge is -2.02. The van der Waals surface area contributed by atoms with Gasteiger partial charge in [0.15, 0.2) is 0 Å². The Morgan fingerprint density at radius 1 is 1.42 bits per heavy atom. The van der Waals surface area contributed by atoms with Crippen molar-refractivity contribution in [1.29, 1.82) is 5.26 Å². The van der Waals surface area contributed by atoms with Crippen LogP contribution in [0, 0.1) is 17.1 Å². The van der Waals surface area contributed by atoms with E-state index < -0.39 is 10.7 Å². The summed E-state index contributed by atoms with van der Waals surface area (Å²) in [5, 5.41) is 8.41. The molecule has 0 fully saturated rings. The minimum absolute atomic E-state index is 0.192. The van der Waals surface area contributed by atoms with E-state index in [-0.39, 0.29) is 11.1 Å². The van der Waals surface area contributed by atoms with Crippen LogP contribution in [0.1, 0.15) is 16.0 Å². The van der Waals surface area contributed by atoms with Gasteiger partial charge in [0.2, 0.25) is 0 Å². The third-order valence-corrected chi connectivity index (χ3v) is 1.83. The van der Waals surface area contributed by atoms with Crippen LogP contribution in [0.25, 0.3) is 0 Å². The van der Waals surface area contributed by atoms with Crippen LogP contribution in [0.15, 0.2) is 18.2 Å². The topological polar surface area (TPSA) is 23.8 Å². The molecule has 0 aromatic heterocycles. The van der Waals surface area contributed by atoms with Gasteiger partial charge in [-0.15, -0.1) is 0 Å². The smallest absolute Gasteiger partial charge is 0.135 e. The molecule has 1 aromatic rings. The number of hydrogen-bond donors (Lipinski definition) is 0. The van der Waals surface area contributed by atoms with Gasteiger partial charge in [-0.3, -0.25) is 0 Å². The van der Waals surface area contributed by atoms with Gasteiger partial charge in [-0.2, -0.15) is 5.26 Å². The first-order valence-corrected chi connectivity index (χ1v) is 4.00. The van der Waals surface area contributed by atoms with E-state index in [9.17, 15) is 4.39 Å². The fraction of sp³-hybridized carbons (Fsp3) is 0.125. The quantitative estimate of drug-likeness (QED) is 0.644. The molecule has 1 rings (SSSR count). The summed E-state index contributed by atoms with van der Waals surface area (Å²) in [5.41, 5.74) is 0.447. The van der Waals surface area contributed by atoms with Gasteiger partial charge in [-0.05, 0) is 12.1 Å². The molecule has 0 spiro atoms. The van der Waals surface area contributed by atoms with E-state index in [1.54, 1.807) is 0 Å². The number of benzene rings is 1. The fourth-order valence-corrected chi connectivity index (χ4v) is 1.13. The van der Waals surface area contributed by atoms with Crippen LogP contribution in [0.5, 0.6) is 0 Å². The third-order valence-electron chi connectivity index (χ3n) is 1.36. The van der Waals surface area contributed by atoms with Crippen molar-refractivity contribution in [1.82, 2.24) is 0 Å². The molecule has 0 atom stereocenters. The van der Waals surface area contributed by atoms with E-state index >= 15 is 0 Å². The Morgan fingerprint density at radius 3 is 2.50 bits per heavy atom. The SMILES string of the molecule is N#Cc1ccc(C(Cl)Cl)c(F)c1. The molecule has 0 saturated carbocycles. The zero-order valence-electron chi connectivity index (χ0n) is 5.89. The highest BCUT2D eigenvalue weighted by atomic mass is 35.5. The number of alkyl halides is 2. The van der Waals surface area contributed by atoms with Crippen molar-refractivity contribution in [3.8, 4) is 6.07 Å². The predicted octanol–water partition coefficient (Wildman–Crippen LogP) is 3.17. The van der Waals surface area contributed by atoms with E-state index in [0.717, 1.165) is 6.07 Å². The molecule has 0 N–H and O–H groups in total. The average molecular weight is 204 g/mol. The van der Waals surface area contributed by atoms with Crippen LogP contribution in [0.2, 0.25) is 0 Å². The first kappa shape index (κ1) is 9.31. The Bertz CT molecular complexity index is 330. The molecule has 1 nitrogen and oxygen atoms in total. The van der Waals surface area contributed by atoms with E-state index in [4.69, 9.17) is 28.5 Å². The minimum Gasteiger partial charge on any atom is -0.207 e. The molecule has 4 heteroatoms. The van der Waals surface area contributed by atoms with Crippen LogP contribution >= 0.6 is 23.2 Å². The number of halogens is 3. The molecule has 0 heterocycles. The second kappa shape index (κ2) is 3.75. The van der Waals surface area contributed by atoms with Crippen molar-refractivity contribution in [2.45, 2.75) is 4.84 Å². The van der Waals surface area contributed by atoms with Crippen molar-refractivity contribution < 1.29 is 4.39 Å². The summed E-state index contributed by atoms with van der Waals surface area (Å²) in [7, 11) is 0. The van der Waals surface area contributed by atoms with Crippen LogP contribution < -0.4 is 0 Å². The van der Waals surface area contributed by atoms with Crippen molar-refractivity contribution in [2.75, 3.05) is 0 Å². The molecule has 1 aromatic carbocycles. The van der Waals surface area contributed by atoms with Gasteiger partial charge in [0, 0.05) is 5.56 Å². The monoisotopic (exact) mass is 203 g/mol. The maximum atomic E-state index is 13.0. The van der Waals surface area contributed by atoms with Gasteiger partial charge in [-0.1, -0.05) is 29.3 Å². The standard InChI is InChI=1S/C8H4Cl2FN/c9-8(10)6-2-1-5(4-12)3-7(6)11/h1-3,8H. The molecular formula is C8H4Cl2FN. The molecule has 0 aliphatic carbocycles. The lowest BCUT2D eigenvalue weighted by atomic mass is 10.1. The van der Waals surface area contributed by atoms with Crippen molar-refractivity contribution in [3.05, 3.63) is 35.1 Å². The Balaban J connectivity index is 3.14.